The van der Waals surface area contributed by atoms with E-state index in [1.165, 1.54) is 28.8 Å². The highest BCUT2D eigenvalue weighted by Gasteiger charge is 2.31. The highest BCUT2D eigenvalue weighted by molar-refractivity contribution is 7.90. The monoisotopic (exact) mass is 958 g/mol. The minimum atomic E-state index is -4.45. The maximum absolute atomic E-state index is 14.3. The number of piperidine rings is 1. The van der Waals surface area contributed by atoms with Crippen LogP contribution in [-0.2, 0) is 14.8 Å². The standard InChI is InChI=1S/C51H59ClN10O5S/c1-51(2)17-11-37(43(30-51)35-3-5-38(52)6-4-35)33-59-21-23-61(24-22-59)40-7-9-42(47(28-40)62-48-27-36-12-18-53-49(36)56-46(48)32-55-62)50(63)58-68(65,66)41-8-10-44(45(29-41)57-64)54-31-34-13-19-60(20-14-34)39-15-25-67-26-16-39/h3-10,12,18,27-29,32,34,39,54H,11,13-17,19-26,30-31,33H2,1-2H3,(H,53,56)(H,58,63). The predicted octanol–water partition coefficient (Wildman–Crippen LogP) is 9.16. The number of H-pyrrole nitrogens is 1. The molecular formula is C51H59ClN10O5S. The molecule has 0 radical (unpaired) electrons. The number of sulfonamides is 1. The van der Waals surface area contributed by atoms with Gasteiger partial charge in [0.15, 0.2) is 0 Å². The minimum absolute atomic E-state index is 0.0434. The molecular weight excluding hydrogens is 900 g/mol. The Bertz CT molecular complexity index is 2960. The second-order valence-corrected chi connectivity index (χ2v) is 21.8. The Kier molecular flexibility index (Phi) is 13.1. The lowest BCUT2D eigenvalue weighted by atomic mass is 9.72. The molecule has 6 heterocycles. The zero-order valence-electron chi connectivity index (χ0n) is 38.7. The number of anilines is 2. The fraction of sp³-hybridized carbons (Fsp3) is 0.431. The summed E-state index contributed by atoms with van der Waals surface area (Å²) in [6, 6.07) is 22.3. The summed E-state index contributed by atoms with van der Waals surface area (Å²) in [5, 5.41) is 12.8. The van der Waals surface area contributed by atoms with Crippen molar-refractivity contribution in [3.05, 3.63) is 112 Å². The van der Waals surface area contributed by atoms with Crippen LogP contribution >= 0.6 is 11.6 Å². The van der Waals surface area contributed by atoms with E-state index < -0.39 is 15.9 Å². The molecule has 0 saturated carbocycles. The average molecular weight is 960 g/mol. The summed E-state index contributed by atoms with van der Waals surface area (Å²) < 4.78 is 37.4. The number of ether oxygens (including phenoxy) is 1. The number of carbonyl (C=O) groups is 1. The van der Waals surface area contributed by atoms with Crippen molar-refractivity contribution in [3.8, 4) is 5.69 Å². The van der Waals surface area contributed by atoms with Gasteiger partial charge in [-0.3, -0.25) is 9.69 Å². The number of aromatic amines is 1. The van der Waals surface area contributed by atoms with E-state index in [1.807, 2.05) is 42.6 Å². The number of nitrogens with one attached hydrogen (secondary N) is 3. The summed E-state index contributed by atoms with van der Waals surface area (Å²) in [5.74, 6) is -0.437. The number of nitrogens with zero attached hydrogens (tertiary/aromatic N) is 7. The van der Waals surface area contributed by atoms with Gasteiger partial charge in [0.25, 0.3) is 15.9 Å². The number of likely N-dealkylation sites (tertiary alicyclic amines) is 1. The molecule has 3 N–H and O–H groups in total. The van der Waals surface area contributed by atoms with Crippen LogP contribution in [0.25, 0.3) is 33.3 Å². The molecule has 10 rings (SSSR count). The molecule has 4 aliphatic rings. The first-order chi connectivity index (χ1) is 32.9. The van der Waals surface area contributed by atoms with E-state index in [-0.39, 0.29) is 21.6 Å². The van der Waals surface area contributed by atoms with E-state index in [0.717, 1.165) is 120 Å². The fourth-order valence-electron chi connectivity index (χ4n) is 10.6. The molecule has 0 unspecified atom stereocenters. The second-order valence-electron chi connectivity index (χ2n) is 19.7. The van der Waals surface area contributed by atoms with Gasteiger partial charge < -0.3 is 24.8 Å². The van der Waals surface area contributed by atoms with Crippen LogP contribution in [0.15, 0.2) is 101 Å². The molecule has 17 heteroatoms. The largest absolute Gasteiger partial charge is 0.383 e. The van der Waals surface area contributed by atoms with E-state index in [2.05, 4.69) is 60.9 Å². The zero-order valence-corrected chi connectivity index (χ0v) is 40.3. The number of amides is 1. The van der Waals surface area contributed by atoms with Gasteiger partial charge in [0.2, 0.25) is 0 Å². The summed E-state index contributed by atoms with van der Waals surface area (Å²) in [6.07, 6.45) is 10.9. The highest BCUT2D eigenvalue weighted by Crippen LogP contribution is 2.43. The number of fused-ring (bicyclic) bond motifs is 2. The van der Waals surface area contributed by atoms with Gasteiger partial charge in [-0.1, -0.05) is 43.2 Å². The number of rotatable bonds is 13. The number of piperazine rings is 1. The van der Waals surface area contributed by atoms with Crippen LogP contribution in [0.2, 0.25) is 5.02 Å². The van der Waals surface area contributed by atoms with Crippen molar-refractivity contribution in [2.45, 2.75) is 69.7 Å². The van der Waals surface area contributed by atoms with Crippen LogP contribution in [0.3, 0.4) is 0 Å². The average Bonchev–Trinajstić information content (AvgIpc) is 4.00. The van der Waals surface area contributed by atoms with Crippen molar-refractivity contribution in [1.82, 2.24) is 34.3 Å². The van der Waals surface area contributed by atoms with Gasteiger partial charge in [-0.15, -0.1) is 4.91 Å². The van der Waals surface area contributed by atoms with Crippen LogP contribution in [0.5, 0.6) is 0 Å². The Morgan fingerprint density at radius 3 is 2.49 bits per heavy atom. The number of hydrogen-bond donors (Lipinski definition) is 3. The van der Waals surface area contributed by atoms with Gasteiger partial charge in [-0.2, -0.15) is 5.10 Å². The number of aromatic nitrogens is 4. The molecule has 6 aromatic rings. The van der Waals surface area contributed by atoms with Gasteiger partial charge in [0.1, 0.15) is 16.9 Å². The molecule has 3 aromatic heterocycles. The number of benzene rings is 3. The second kappa shape index (κ2) is 19.4. The highest BCUT2D eigenvalue weighted by atomic mass is 35.5. The van der Waals surface area contributed by atoms with Gasteiger partial charge in [0, 0.05) is 80.8 Å². The number of nitroso groups, excluding NO2 is 1. The van der Waals surface area contributed by atoms with Crippen LogP contribution < -0.4 is 14.9 Å². The van der Waals surface area contributed by atoms with E-state index in [1.54, 1.807) is 23.0 Å². The van der Waals surface area contributed by atoms with Crippen molar-refractivity contribution >= 4 is 72.2 Å². The first kappa shape index (κ1) is 46.1. The quantitative estimate of drug-likeness (QED) is 0.0944. The smallest absolute Gasteiger partial charge is 0.267 e. The molecule has 0 bridgehead atoms. The van der Waals surface area contributed by atoms with Crippen LogP contribution in [0.4, 0.5) is 17.1 Å². The number of halogens is 1. The van der Waals surface area contributed by atoms with Gasteiger partial charge >= 0.3 is 0 Å². The van der Waals surface area contributed by atoms with Gasteiger partial charge in [-0.25, -0.2) is 22.8 Å². The van der Waals surface area contributed by atoms with Gasteiger partial charge in [0.05, 0.1) is 33.5 Å². The number of hydrogen-bond acceptors (Lipinski definition) is 12. The predicted molar refractivity (Wildman–Crippen MR) is 269 cm³/mol. The molecule has 0 atom stereocenters. The van der Waals surface area contributed by atoms with E-state index in [0.29, 0.717) is 46.6 Å². The van der Waals surface area contributed by atoms with Crippen LogP contribution in [-0.4, -0.2) is 115 Å². The Balaban J connectivity index is 0.860. The molecule has 3 fully saturated rings. The van der Waals surface area contributed by atoms with E-state index >= 15 is 0 Å². The topological polar surface area (TPSA) is 170 Å². The van der Waals surface area contributed by atoms with Crippen molar-refractivity contribution in [3.63, 3.8) is 0 Å². The maximum Gasteiger partial charge on any atom is 0.267 e. The molecule has 3 saturated heterocycles. The Morgan fingerprint density at radius 2 is 1.72 bits per heavy atom. The zero-order chi connectivity index (χ0) is 47.0. The molecule has 3 aliphatic heterocycles. The van der Waals surface area contributed by atoms with Crippen molar-refractivity contribution in [1.29, 1.82) is 0 Å². The van der Waals surface area contributed by atoms with Gasteiger partial charge in [-0.05, 0) is 146 Å². The minimum Gasteiger partial charge on any atom is -0.383 e. The molecule has 15 nitrogen and oxygen atoms in total. The molecule has 1 amide bonds. The van der Waals surface area contributed by atoms with Crippen molar-refractivity contribution < 1.29 is 17.9 Å². The number of carbonyl (C=O) groups excluding carboxylic acids is 1. The summed E-state index contributed by atoms with van der Waals surface area (Å²) >= 11 is 6.27. The Hall–Kier alpha value is -5.65. The third kappa shape index (κ3) is 9.93. The molecule has 3 aromatic carbocycles. The lowest BCUT2D eigenvalue weighted by molar-refractivity contribution is 0.0219. The molecule has 1 aliphatic carbocycles. The third-order valence-corrected chi connectivity index (χ3v) is 16.2. The normalized spacial score (nSPS) is 19.2. The molecule has 356 valence electrons. The van der Waals surface area contributed by atoms with Crippen molar-refractivity contribution in [2.75, 3.05) is 75.8 Å². The number of pyridine rings is 1. The summed E-state index contributed by atoms with van der Waals surface area (Å²) in [6.45, 7) is 13.1. The van der Waals surface area contributed by atoms with E-state index in [4.69, 9.17) is 26.4 Å². The summed E-state index contributed by atoms with van der Waals surface area (Å²) in [5.41, 5.74) is 8.16. The van der Waals surface area contributed by atoms with Crippen molar-refractivity contribution in [2.24, 2.45) is 16.5 Å². The fourth-order valence-corrected chi connectivity index (χ4v) is 11.7. The van der Waals surface area contributed by atoms with Crippen LogP contribution in [0, 0.1) is 16.2 Å². The lowest BCUT2D eigenvalue weighted by Gasteiger charge is -2.39. The first-order valence-corrected chi connectivity index (χ1v) is 25.8. The number of allylic oxidation sites excluding steroid dienone is 1. The lowest BCUT2D eigenvalue weighted by Crippen LogP contribution is -2.47. The van der Waals surface area contributed by atoms with Crippen LogP contribution in [0.1, 0.15) is 74.7 Å². The Labute approximate surface area is 402 Å². The maximum atomic E-state index is 14.3. The van der Waals surface area contributed by atoms with E-state index in [9.17, 15) is 18.1 Å². The molecule has 0 spiro atoms. The third-order valence-electron chi connectivity index (χ3n) is 14.6. The summed E-state index contributed by atoms with van der Waals surface area (Å²) in [7, 11) is -4.45. The molecule has 68 heavy (non-hydrogen) atoms. The first-order valence-electron chi connectivity index (χ1n) is 23.9. The SMILES string of the molecule is CC1(C)CCC(CN2CCN(c3ccc(C(=O)NS(=O)(=O)c4ccc(NCC5CCN(C6CCOCC6)CC5)c(N=O)c4)c(-n4ncc5nc6[nH]ccc6cc54)c3)CC2)=C(c2ccc(Cl)cc2)C1. The summed E-state index contributed by atoms with van der Waals surface area (Å²) in [4.78, 5) is 41.4. The Morgan fingerprint density at radius 1 is 0.941 bits per heavy atom.